The molecule has 1 aliphatic heterocycles. The van der Waals surface area contributed by atoms with Crippen LogP contribution in [0.3, 0.4) is 0 Å². The van der Waals surface area contributed by atoms with Crippen LogP contribution in [-0.4, -0.2) is 41.8 Å². The van der Waals surface area contributed by atoms with Crippen molar-refractivity contribution in [2.45, 2.75) is 52.5 Å². The van der Waals surface area contributed by atoms with Gasteiger partial charge in [-0.1, -0.05) is 13.8 Å². The lowest BCUT2D eigenvalue weighted by Crippen LogP contribution is -2.50. The number of hydrogen-bond donors (Lipinski definition) is 1. The van der Waals surface area contributed by atoms with Gasteiger partial charge in [0.15, 0.2) is 0 Å². The van der Waals surface area contributed by atoms with Crippen LogP contribution in [0.15, 0.2) is 0 Å². The fraction of sp³-hybridized carbons (Fsp3) is 0.857. The van der Waals surface area contributed by atoms with Gasteiger partial charge in [0.25, 0.3) is 0 Å². The molecule has 1 heterocycles. The molecule has 1 N–H and O–H groups in total. The zero-order valence-corrected chi connectivity index (χ0v) is 12.1. The molecule has 0 radical (unpaired) electrons. The van der Waals surface area contributed by atoms with Gasteiger partial charge >= 0.3 is 0 Å². The first-order valence-corrected chi connectivity index (χ1v) is 6.94. The lowest BCUT2D eigenvalue weighted by atomic mass is 9.94. The molecule has 0 aromatic rings. The zero-order valence-electron chi connectivity index (χ0n) is 12.1. The van der Waals surface area contributed by atoms with Gasteiger partial charge in [0.05, 0.1) is 6.54 Å². The van der Waals surface area contributed by atoms with Crippen LogP contribution < -0.4 is 5.32 Å². The molecule has 0 spiro atoms. The number of rotatable bonds is 5. The van der Waals surface area contributed by atoms with Crippen LogP contribution in [0.25, 0.3) is 0 Å². The summed E-state index contributed by atoms with van der Waals surface area (Å²) < 4.78 is 0. The Kier molecular flexibility index (Phi) is 5.32. The molecule has 1 amide bonds. The quantitative estimate of drug-likeness (QED) is 0.810. The number of nitrogens with zero attached hydrogens (tertiary/aromatic N) is 1. The van der Waals surface area contributed by atoms with Gasteiger partial charge < -0.3 is 5.32 Å². The second kappa shape index (κ2) is 6.32. The highest BCUT2D eigenvalue weighted by Gasteiger charge is 2.27. The van der Waals surface area contributed by atoms with Crippen LogP contribution in [0.1, 0.15) is 47.0 Å². The first-order valence-electron chi connectivity index (χ1n) is 6.94. The lowest BCUT2D eigenvalue weighted by molar-refractivity contribution is -0.130. The molecule has 1 aliphatic rings. The van der Waals surface area contributed by atoms with Gasteiger partial charge in [-0.05, 0) is 26.7 Å². The van der Waals surface area contributed by atoms with Crippen LogP contribution >= 0.6 is 0 Å². The first-order chi connectivity index (χ1) is 8.38. The highest BCUT2D eigenvalue weighted by Crippen LogP contribution is 2.16. The van der Waals surface area contributed by atoms with E-state index in [1.54, 1.807) is 0 Å². The van der Waals surface area contributed by atoms with E-state index in [4.69, 9.17) is 0 Å². The lowest BCUT2D eigenvalue weighted by Gasteiger charge is -2.32. The number of Topliss-reactive ketones (excluding diaryl/α,β-unsaturated/α-hetero) is 1. The normalized spacial score (nSPS) is 22.0. The van der Waals surface area contributed by atoms with Crippen LogP contribution in [0.5, 0.6) is 0 Å². The van der Waals surface area contributed by atoms with Crippen molar-refractivity contribution in [1.29, 1.82) is 0 Å². The Balaban J connectivity index is 2.43. The summed E-state index contributed by atoms with van der Waals surface area (Å²) in [4.78, 5) is 25.6. The second-order valence-corrected chi connectivity index (χ2v) is 5.84. The topological polar surface area (TPSA) is 49.4 Å². The Labute approximate surface area is 110 Å². The van der Waals surface area contributed by atoms with E-state index in [-0.39, 0.29) is 17.4 Å². The van der Waals surface area contributed by atoms with Gasteiger partial charge in [0.1, 0.15) is 5.78 Å². The number of amides is 1. The SMILES string of the molecule is CCC1CN(CC(=O)NC(C)(C)CC)CCC1=O. The maximum Gasteiger partial charge on any atom is 0.234 e. The van der Waals surface area contributed by atoms with Crippen molar-refractivity contribution >= 4 is 11.7 Å². The van der Waals surface area contributed by atoms with Crippen molar-refractivity contribution in [3.63, 3.8) is 0 Å². The van der Waals surface area contributed by atoms with E-state index in [0.717, 1.165) is 25.9 Å². The van der Waals surface area contributed by atoms with E-state index in [9.17, 15) is 9.59 Å². The molecule has 4 nitrogen and oxygen atoms in total. The summed E-state index contributed by atoms with van der Waals surface area (Å²) in [5.74, 6) is 0.528. The molecule has 0 aromatic carbocycles. The van der Waals surface area contributed by atoms with E-state index in [2.05, 4.69) is 17.1 Å². The van der Waals surface area contributed by atoms with Gasteiger partial charge in [-0.3, -0.25) is 14.5 Å². The maximum absolute atomic E-state index is 11.9. The number of hydrogen-bond acceptors (Lipinski definition) is 3. The predicted octanol–water partition coefficient (Wildman–Crippen LogP) is 1.59. The van der Waals surface area contributed by atoms with Gasteiger partial charge in [-0.2, -0.15) is 0 Å². The van der Waals surface area contributed by atoms with Crippen molar-refractivity contribution in [3.05, 3.63) is 0 Å². The van der Waals surface area contributed by atoms with Gasteiger partial charge in [0.2, 0.25) is 5.91 Å². The Hall–Kier alpha value is -0.900. The van der Waals surface area contributed by atoms with E-state index >= 15 is 0 Å². The van der Waals surface area contributed by atoms with Crippen molar-refractivity contribution in [3.8, 4) is 0 Å². The monoisotopic (exact) mass is 254 g/mol. The predicted molar refractivity (Wildman–Crippen MR) is 72.4 cm³/mol. The number of piperidine rings is 1. The minimum absolute atomic E-state index is 0.0612. The number of carbonyl (C=O) groups excluding carboxylic acids is 2. The third-order valence-corrected chi connectivity index (χ3v) is 3.83. The number of carbonyl (C=O) groups is 2. The average Bonchev–Trinajstić information content (AvgIpc) is 2.31. The van der Waals surface area contributed by atoms with Crippen molar-refractivity contribution < 1.29 is 9.59 Å². The molecule has 18 heavy (non-hydrogen) atoms. The fourth-order valence-electron chi connectivity index (χ4n) is 2.19. The van der Waals surface area contributed by atoms with E-state index in [0.29, 0.717) is 18.7 Å². The molecule has 4 heteroatoms. The number of nitrogens with one attached hydrogen (secondary N) is 1. The molecule has 0 bridgehead atoms. The summed E-state index contributed by atoms with van der Waals surface area (Å²) >= 11 is 0. The minimum Gasteiger partial charge on any atom is -0.350 e. The maximum atomic E-state index is 11.9. The van der Waals surface area contributed by atoms with E-state index in [1.165, 1.54) is 0 Å². The largest absolute Gasteiger partial charge is 0.350 e. The summed E-state index contributed by atoms with van der Waals surface area (Å²) in [6, 6.07) is 0. The van der Waals surface area contributed by atoms with Gasteiger partial charge in [-0.15, -0.1) is 0 Å². The summed E-state index contributed by atoms with van der Waals surface area (Å²) in [5.41, 5.74) is -0.146. The van der Waals surface area contributed by atoms with Crippen LogP contribution in [0, 0.1) is 5.92 Å². The molecule has 0 aliphatic carbocycles. The third-order valence-electron chi connectivity index (χ3n) is 3.83. The molecule has 1 fully saturated rings. The van der Waals surface area contributed by atoms with Crippen LogP contribution in [0.2, 0.25) is 0 Å². The van der Waals surface area contributed by atoms with Crippen molar-refractivity contribution in [2.24, 2.45) is 5.92 Å². The molecule has 1 saturated heterocycles. The van der Waals surface area contributed by atoms with Crippen LogP contribution in [-0.2, 0) is 9.59 Å². The first kappa shape index (κ1) is 15.2. The molecular weight excluding hydrogens is 228 g/mol. The summed E-state index contributed by atoms with van der Waals surface area (Å²) in [7, 11) is 0. The number of likely N-dealkylation sites (tertiary alicyclic amines) is 1. The molecule has 1 unspecified atom stereocenters. The number of ketones is 1. The Morgan fingerprint density at radius 1 is 1.44 bits per heavy atom. The van der Waals surface area contributed by atoms with Crippen molar-refractivity contribution in [2.75, 3.05) is 19.6 Å². The average molecular weight is 254 g/mol. The van der Waals surface area contributed by atoms with Gasteiger partial charge in [-0.25, -0.2) is 0 Å². The summed E-state index contributed by atoms with van der Waals surface area (Å²) in [6.07, 6.45) is 2.37. The van der Waals surface area contributed by atoms with Crippen LogP contribution in [0.4, 0.5) is 0 Å². The molecule has 0 saturated carbocycles. The Morgan fingerprint density at radius 2 is 2.11 bits per heavy atom. The summed E-state index contributed by atoms with van der Waals surface area (Å²) in [5, 5.41) is 3.03. The summed E-state index contributed by atoms with van der Waals surface area (Å²) in [6.45, 7) is 10.0. The molecule has 1 rings (SSSR count). The highest BCUT2D eigenvalue weighted by atomic mass is 16.2. The minimum atomic E-state index is -0.146. The molecule has 104 valence electrons. The Morgan fingerprint density at radius 3 is 2.67 bits per heavy atom. The third kappa shape index (κ3) is 4.41. The van der Waals surface area contributed by atoms with E-state index in [1.807, 2.05) is 20.8 Å². The zero-order chi connectivity index (χ0) is 13.8. The fourth-order valence-corrected chi connectivity index (χ4v) is 2.19. The second-order valence-electron chi connectivity index (χ2n) is 5.84. The molecular formula is C14H26N2O2. The van der Waals surface area contributed by atoms with Crippen molar-refractivity contribution in [1.82, 2.24) is 10.2 Å². The molecule has 0 aromatic heterocycles. The highest BCUT2D eigenvalue weighted by molar-refractivity contribution is 5.83. The smallest absolute Gasteiger partial charge is 0.234 e. The van der Waals surface area contributed by atoms with Gasteiger partial charge in [0, 0.05) is 31.0 Å². The molecule has 1 atom stereocenters. The standard InChI is InChI=1S/C14H26N2O2/c1-5-11-9-16(8-7-12(11)17)10-13(18)15-14(3,4)6-2/h11H,5-10H2,1-4H3,(H,15,18). The Bertz CT molecular complexity index is 313. The van der Waals surface area contributed by atoms with E-state index < -0.39 is 0 Å².